The molecule has 23 heavy (non-hydrogen) atoms. The van der Waals surface area contributed by atoms with Crippen LogP contribution < -0.4 is 5.73 Å². The third-order valence-electron chi connectivity index (χ3n) is 3.72. The number of thiazole rings is 1. The van der Waals surface area contributed by atoms with Gasteiger partial charge in [0.2, 0.25) is 0 Å². The van der Waals surface area contributed by atoms with E-state index in [1.165, 1.54) is 11.3 Å². The molecule has 114 valence electrons. The number of aryl methyl sites for hydroxylation is 1. The van der Waals surface area contributed by atoms with Gasteiger partial charge < -0.3 is 10.3 Å². The van der Waals surface area contributed by atoms with Crippen molar-refractivity contribution in [3.05, 3.63) is 52.6 Å². The molecule has 0 fully saturated rings. The minimum atomic E-state index is 0.601. The third-order valence-corrected chi connectivity index (χ3v) is 5.11. The van der Waals surface area contributed by atoms with Crippen LogP contribution in [-0.2, 0) is 7.05 Å². The highest BCUT2D eigenvalue weighted by atomic mass is 32.1. The van der Waals surface area contributed by atoms with Gasteiger partial charge >= 0.3 is 0 Å². The van der Waals surface area contributed by atoms with E-state index in [0.717, 1.165) is 21.9 Å². The quantitative estimate of drug-likeness (QED) is 0.564. The SMILES string of the molecule is Cn1c(-c2sc(=S)n(-c3ccccc3)c2N)nc2ncccc21. The number of para-hydroxylation sites is 1. The lowest BCUT2D eigenvalue weighted by molar-refractivity contribution is 0.960. The minimum Gasteiger partial charge on any atom is -0.383 e. The summed E-state index contributed by atoms with van der Waals surface area (Å²) >= 11 is 6.98. The highest BCUT2D eigenvalue weighted by molar-refractivity contribution is 7.73. The summed E-state index contributed by atoms with van der Waals surface area (Å²) in [5.41, 5.74) is 9.01. The maximum atomic E-state index is 6.39. The van der Waals surface area contributed by atoms with Gasteiger partial charge in [0, 0.05) is 18.9 Å². The van der Waals surface area contributed by atoms with Gasteiger partial charge in [-0.3, -0.25) is 4.57 Å². The largest absolute Gasteiger partial charge is 0.383 e. The van der Waals surface area contributed by atoms with Crippen molar-refractivity contribution in [3.63, 3.8) is 0 Å². The molecule has 7 heteroatoms. The molecule has 0 aliphatic heterocycles. The van der Waals surface area contributed by atoms with Crippen LogP contribution in [0.5, 0.6) is 0 Å². The highest BCUT2D eigenvalue weighted by Crippen LogP contribution is 2.35. The lowest BCUT2D eigenvalue weighted by atomic mass is 10.3. The Hall–Kier alpha value is -2.51. The Morgan fingerprint density at radius 3 is 2.65 bits per heavy atom. The second-order valence-electron chi connectivity index (χ2n) is 5.09. The zero-order chi connectivity index (χ0) is 16.0. The number of rotatable bonds is 2. The Morgan fingerprint density at radius 2 is 1.91 bits per heavy atom. The molecule has 0 radical (unpaired) electrons. The minimum absolute atomic E-state index is 0.601. The van der Waals surface area contributed by atoms with E-state index in [4.69, 9.17) is 18.0 Å². The van der Waals surface area contributed by atoms with Crippen molar-refractivity contribution in [2.24, 2.45) is 7.05 Å². The molecule has 0 aliphatic carbocycles. The fourth-order valence-electron chi connectivity index (χ4n) is 2.60. The van der Waals surface area contributed by atoms with Crippen LogP contribution in [0.15, 0.2) is 48.7 Å². The van der Waals surface area contributed by atoms with E-state index in [1.54, 1.807) is 6.20 Å². The van der Waals surface area contributed by atoms with Gasteiger partial charge in [0.1, 0.15) is 10.7 Å². The summed E-state index contributed by atoms with van der Waals surface area (Å²) < 4.78 is 4.57. The fourth-order valence-corrected chi connectivity index (χ4v) is 3.99. The van der Waals surface area contributed by atoms with E-state index >= 15 is 0 Å². The summed E-state index contributed by atoms with van der Waals surface area (Å²) in [5.74, 6) is 1.38. The number of nitrogen functional groups attached to an aromatic ring is 1. The van der Waals surface area contributed by atoms with Crippen molar-refractivity contribution in [2.75, 3.05) is 5.73 Å². The monoisotopic (exact) mass is 339 g/mol. The molecule has 0 atom stereocenters. The number of hydrogen-bond acceptors (Lipinski definition) is 5. The van der Waals surface area contributed by atoms with E-state index in [-0.39, 0.29) is 0 Å². The summed E-state index contributed by atoms with van der Waals surface area (Å²) in [4.78, 5) is 9.78. The molecule has 0 aliphatic rings. The average Bonchev–Trinajstić information content (AvgIpc) is 3.05. The first-order valence-electron chi connectivity index (χ1n) is 7.01. The predicted octanol–water partition coefficient (Wildman–Crippen LogP) is 3.80. The standard InChI is InChI=1S/C16H13N5S2/c1-20-11-8-5-9-18-14(11)19-15(20)12-13(17)21(16(22)23-12)10-6-3-2-4-7-10/h2-9H,17H2,1H3. The van der Waals surface area contributed by atoms with Crippen molar-refractivity contribution < 1.29 is 0 Å². The summed E-state index contributed by atoms with van der Waals surface area (Å²) in [5, 5.41) is 0. The molecule has 3 heterocycles. The molecule has 0 spiro atoms. The third kappa shape index (κ3) is 2.16. The van der Waals surface area contributed by atoms with Gasteiger partial charge in [0.25, 0.3) is 0 Å². The molecule has 0 bridgehead atoms. The molecule has 4 rings (SSSR count). The Bertz CT molecular complexity index is 1060. The van der Waals surface area contributed by atoms with Crippen LogP contribution in [0, 0.1) is 3.95 Å². The number of nitrogens with two attached hydrogens (primary N) is 1. The van der Waals surface area contributed by atoms with Gasteiger partial charge in [0.05, 0.1) is 5.52 Å². The molecule has 3 aromatic heterocycles. The molecule has 5 nitrogen and oxygen atoms in total. The first-order valence-corrected chi connectivity index (χ1v) is 8.24. The van der Waals surface area contributed by atoms with E-state index < -0.39 is 0 Å². The predicted molar refractivity (Wildman–Crippen MR) is 96.4 cm³/mol. The van der Waals surface area contributed by atoms with Crippen LogP contribution in [0.2, 0.25) is 0 Å². The second kappa shape index (κ2) is 5.29. The normalized spacial score (nSPS) is 11.2. The number of anilines is 1. The Morgan fingerprint density at radius 1 is 1.13 bits per heavy atom. The van der Waals surface area contributed by atoms with Crippen LogP contribution in [-0.4, -0.2) is 19.1 Å². The molecule has 0 unspecified atom stereocenters. The number of benzene rings is 1. The van der Waals surface area contributed by atoms with Crippen molar-refractivity contribution in [1.29, 1.82) is 0 Å². The number of fused-ring (bicyclic) bond motifs is 1. The molecular formula is C16H13N5S2. The van der Waals surface area contributed by atoms with Gasteiger partial charge in [-0.2, -0.15) is 0 Å². The average molecular weight is 339 g/mol. The second-order valence-corrected chi connectivity index (χ2v) is 6.74. The van der Waals surface area contributed by atoms with Crippen LogP contribution in [0.4, 0.5) is 5.82 Å². The smallest absolute Gasteiger partial charge is 0.178 e. The first-order chi connectivity index (χ1) is 11.2. The Kier molecular flexibility index (Phi) is 3.24. The van der Waals surface area contributed by atoms with Gasteiger partial charge in [-0.25, -0.2) is 9.97 Å². The summed E-state index contributed by atoms with van der Waals surface area (Å²) in [6, 6.07) is 13.8. The zero-order valence-electron chi connectivity index (χ0n) is 12.3. The van der Waals surface area contributed by atoms with Crippen molar-refractivity contribution in [1.82, 2.24) is 19.1 Å². The number of aromatic nitrogens is 4. The molecule has 0 amide bonds. The van der Waals surface area contributed by atoms with E-state index in [0.29, 0.717) is 15.4 Å². The lowest BCUT2D eigenvalue weighted by Gasteiger charge is -2.06. The van der Waals surface area contributed by atoms with Crippen LogP contribution in [0.25, 0.3) is 27.6 Å². The Balaban J connectivity index is 1.97. The highest BCUT2D eigenvalue weighted by Gasteiger charge is 2.18. The van der Waals surface area contributed by atoms with E-state index in [9.17, 15) is 0 Å². The number of imidazole rings is 1. The number of nitrogens with zero attached hydrogens (tertiary/aromatic N) is 4. The van der Waals surface area contributed by atoms with Gasteiger partial charge in [-0.05, 0) is 36.5 Å². The van der Waals surface area contributed by atoms with E-state index in [1.807, 2.05) is 58.6 Å². The maximum Gasteiger partial charge on any atom is 0.178 e. The molecule has 0 saturated carbocycles. The van der Waals surface area contributed by atoms with Crippen LogP contribution >= 0.6 is 23.6 Å². The molecule has 0 saturated heterocycles. The van der Waals surface area contributed by atoms with Gasteiger partial charge in [-0.15, -0.1) is 0 Å². The summed E-state index contributed by atoms with van der Waals surface area (Å²) in [6.45, 7) is 0. The molecule has 2 N–H and O–H groups in total. The first kappa shape index (κ1) is 14.1. The van der Waals surface area contributed by atoms with Gasteiger partial charge in [-0.1, -0.05) is 29.5 Å². The van der Waals surface area contributed by atoms with Crippen molar-refractivity contribution in [3.8, 4) is 16.4 Å². The zero-order valence-corrected chi connectivity index (χ0v) is 13.9. The Labute approximate surface area is 141 Å². The lowest BCUT2D eigenvalue weighted by Crippen LogP contribution is -2.01. The van der Waals surface area contributed by atoms with Crippen molar-refractivity contribution in [2.45, 2.75) is 0 Å². The van der Waals surface area contributed by atoms with E-state index in [2.05, 4.69) is 9.97 Å². The number of hydrogen-bond donors (Lipinski definition) is 1. The molecule has 4 aromatic rings. The maximum absolute atomic E-state index is 6.39. The van der Waals surface area contributed by atoms with Crippen molar-refractivity contribution >= 4 is 40.5 Å². The summed E-state index contributed by atoms with van der Waals surface area (Å²) in [6.07, 6.45) is 1.74. The molecular weight excluding hydrogens is 326 g/mol. The summed E-state index contributed by atoms with van der Waals surface area (Å²) in [7, 11) is 1.96. The van der Waals surface area contributed by atoms with Gasteiger partial charge in [0.15, 0.2) is 15.4 Å². The number of pyridine rings is 1. The van der Waals surface area contributed by atoms with Crippen LogP contribution in [0.3, 0.4) is 0 Å². The fraction of sp³-hybridized carbons (Fsp3) is 0.0625. The topological polar surface area (TPSA) is 61.7 Å². The molecule has 1 aromatic carbocycles. The van der Waals surface area contributed by atoms with Crippen LogP contribution in [0.1, 0.15) is 0 Å².